The number of ether oxygens (including phenoxy) is 2. The number of aromatic nitrogens is 8. The minimum atomic E-state index is -2.80. The van der Waals surface area contributed by atoms with Gasteiger partial charge in [-0.15, -0.1) is 0 Å². The van der Waals surface area contributed by atoms with Crippen LogP contribution in [0.3, 0.4) is 0 Å². The summed E-state index contributed by atoms with van der Waals surface area (Å²) in [6.07, 6.45) is -5.64. The van der Waals surface area contributed by atoms with Gasteiger partial charge in [0.2, 0.25) is 14.5 Å². The highest BCUT2D eigenvalue weighted by molar-refractivity contribution is 8.39. The first-order chi connectivity index (χ1) is 23.2. The average molecular weight is 749 g/mol. The molecule has 4 N–H and O–H groups in total. The van der Waals surface area contributed by atoms with E-state index in [2.05, 4.69) is 76.9 Å². The second-order valence-electron chi connectivity index (χ2n) is 10.2. The van der Waals surface area contributed by atoms with Gasteiger partial charge in [-0.25, -0.2) is 38.7 Å². The number of hydrogen-bond donors (Lipinski definition) is 6. The largest absolute Gasteiger partial charge is 0.394 e. The quantitative estimate of drug-likeness (QED) is 0.0684. The smallest absolute Gasteiger partial charge is 0.243 e. The van der Waals surface area contributed by atoms with Crippen LogP contribution in [0.25, 0.3) is 22.3 Å². The maximum Gasteiger partial charge on any atom is 0.243 e. The van der Waals surface area contributed by atoms with Crippen molar-refractivity contribution < 1.29 is 46.6 Å². The summed E-state index contributed by atoms with van der Waals surface area (Å²) in [6.45, 7) is -0.832. The topological polar surface area (TPSA) is 223 Å². The number of halogens is 2. The first-order valence-corrected chi connectivity index (χ1v) is 19.3. The number of thiol groups is 2. The zero-order valence-corrected chi connectivity index (χ0v) is 28.1. The van der Waals surface area contributed by atoms with Crippen molar-refractivity contribution in [3.63, 3.8) is 0 Å². The Hall–Kier alpha value is -2.96. The van der Waals surface area contributed by atoms with Crippen LogP contribution in [0.4, 0.5) is 20.4 Å². The zero-order chi connectivity index (χ0) is 33.9. The molecule has 0 bridgehead atoms. The van der Waals surface area contributed by atoms with Crippen LogP contribution in [0.5, 0.6) is 0 Å². The van der Waals surface area contributed by atoms with E-state index in [1.54, 1.807) is 0 Å². The molecule has 6 rings (SSSR count). The molecule has 4 aromatic rings. The number of alkyl halides is 2. The fraction of sp³-hybridized carbons (Fsp3) is 0.500. The molecular formula is C24H28F2N10O8P2S2. The molecule has 6 heterocycles. The van der Waals surface area contributed by atoms with Crippen molar-refractivity contribution in [1.29, 1.82) is 0 Å². The number of fused-ring (bicyclic) bond motifs is 2. The van der Waals surface area contributed by atoms with Crippen molar-refractivity contribution in [2.45, 2.75) is 49.2 Å². The Labute approximate surface area is 281 Å². The minimum Gasteiger partial charge on any atom is -0.394 e. The Morgan fingerprint density at radius 1 is 0.771 bits per heavy atom. The number of aliphatic hydroxyl groups is 2. The van der Waals surface area contributed by atoms with Gasteiger partial charge in [0.25, 0.3) is 0 Å². The summed E-state index contributed by atoms with van der Waals surface area (Å²) in [5.74, 6) is 6.49. The molecule has 4 aromatic heterocycles. The number of nitrogens with zero attached hydrogens (tertiary/aromatic N) is 8. The van der Waals surface area contributed by atoms with Gasteiger partial charge in [0.05, 0.1) is 39.0 Å². The second kappa shape index (κ2) is 15.3. The molecule has 0 radical (unpaired) electrons. The Bertz CT molecular complexity index is 1750. The lowest BCUT2D eigenvalue weighted by Crippen LogP contribution is -2.31. The fourth-order valence-electron chi connectivity index (χ4n) is 5.36. The van der Waals surface area contributed by atoms with Gasteiger partial charge in [0.1, 0.15) is 37.1 Å². The van der Waals surface area contributed by atoms with Crippen LogP contribution in [0.1, 0.15) is 12.5 Å². The molecule has 0 aliphatic carbocycles. The summed E-state index contributed by atoms with van der Waals surface area (Å²) in [4.78, 5) is 25.3. The summed E-state index contributed by atoms with van der Waals surface area (Å²) >= 11 is 7.41. The highest BCUT2D eigenvalue weighted by Crippen LogP contribution is 2.42. The molecule has 2 fully saturated rings. The van der Waals surface area contributed by atoms with Gasteiger partial charge >= 0.3 is 0 Å². The number of nitrogens with one attached hydrogen (secondary N) is 2. The molecule has 2 aliphatic heterocycles. The Balaban J connectivity index is 1.08. The van der Waals surface area contributed by atoms with Crippen molar-refractivity contribution in [1.82, 2.24) is 39.0 Å². The molecule has 2 saturated heterocycles. The highest BCUT2D eigenvalue weighted by Gasteiger charge is 2.49. The van der Waals surface area contributed by atoms with Crippen LogP contribution in [0.15, 0.2) is 25.3 Å². The maximum atomic E-state index is 15.2. The van der Waals surface area contributed by atoms with Gasteiger partial charge in [-0.1, -0.05) is 36.3 Å². The van der Waals surface area contributed by atoms with Crippen LogP contribution in [0.2, 0.25) is 0 Å². The summed E-state index contributed by atoms with van der Waals surface area (Å²) in [6, 6.07) is 0. The number of hydrogen-bond acceptors (Lipinski definition) is 16. The van der Waals surface area contributed by atoms with Gasteiger partial charge < -0.3 is 39.4 Å². The third kappa shape index (κ3) is 7.03. The predicted molar refractivity (Wildman–Crippen MR) is 173 cm³/mol. The lowest BCUT2D eigenvalue weighted by atomic mass is 10.1. The molecule has 18 nitrogen and oxygen atoms in total. The fourth-order valence-corrected chi connectivity index (χ4v) is 7.12. The minimum absolute atomic E-state index is 0.142. The normalized spacial score (nSPS) is 28.4. The molecule has 0 aromatic carbocycles. The molecule has 0 spiro atoms. The standard InChI is InChI=1S/C24H28F2N10O8P2S2/c25-13-17(43-45(39)47)11(5-37)41-23(13)35-9-33-15-19(29-7-31-21(15)35)27-3-1-2-4-28-20-16-22(32-8-30-20)36(10-34-16)24-14(26)18(44-46(40)48)12(6-38)42-24/h7-14,17-18,23-24,37-38,45-46H,3-6H2,(H,39,47)(H,40,48)(H,27,29,31)(H,28,30,32)/t11-,12?,13-,14-,17?,18-,23-,24?/m1/s1. The lowest BCUT2D eigenvalue weighted by molar-refractivity contribution is -0.0427. The van der Waals surface area contributed by atoms with Gasteiger partial charge in [-0.3, -0.25) is 18.3 Å². The van der Waals surface area contributed by atoms with Crippen LogP contribution >= 0.6 is 39.0 Å². The molecule has 48 heavy (non-hydrogen) atoms. The number of anilines is 2. The Kier molecular flexibility index (Phi) is 11.1. The average Bonchev–Trinajstić information content (AvgIpc) is 3.83. The first-order valence-electron chi connectivity index (χ1n) is 14.1. The zero-order valence-electron chi connectivity index (χ0n) is 24.3. The van der Waals surface area contributed by atoms with Crippen LogP contribution < -0.4 is 10.6 Å². The lowest BCUT2D eigenvalue weighted by Gasteiger charge is -2.16. The monoisotopic (exact) mass is 748 g/mol. The first kappa shape index (κ1) is 34.9. The maximum absolute atomic E-state index is 15.2. The van der Waals surface area contributed by atoms with E-state index >= 15 is 8.78 Å². The van der Waals surface area contributed by atoms with Crippen molar-refractivity contribution in [3.8, 4) is 11.8 Å². The molecule has 10 atom stereocenters. The van der Waals surface area contributed by atoms with E-state index in [4.69, 9.17) is 18.5 Å². The van der Waals surface area contributed by atoms with Crippen molar-refractivity contribution in [2.75, 3.05) is 36.9 Å². The van der Waals surface area contributed by atoms with E-state index in [0.717, 1.165) is 0 Å². The van der Waals surface area contributed by atoms with Gasteiger partial charge in [-0.05, 0) is 0 Å². The van der Waals surface area contributed by atoms with E-state index < -0.39 is 76.9 Å². The molecular weight excluding hydrogens is 720 g/mol. The van der Waals surface area contributed by atoms with E-state index in [-0.39, 0.29) is 24.4 Å². The van der Waals surface area contributed by atoms with Gasteiger partial charge in [0.15, 0.2) is 58.8 Å². The van der Waals surface area contributed by atoms with Crippen LogP contribution in [-0.4, -0.2) is 112 Å². The second-order valence-corrected chi connectivity index (χ2v) is 14.0. The SMILES string of the molecule is O=[PH](S)OC1[C@@H](F)[C@H](n2cnc3c(NCC#CCNc4ncnc5c4ncn5C4OC(CO)[C@@H](O[PH](=O)S)[C@H]4F)ncnc32)O[C@@H]1CO. The van der Waals surface area contributed by atoms with Crippen molar-refractivity contribution in [3.05, 3.63) is 25.3 Å². The molecule has 24 heteroatoms. The van der Waals surface area contributed by atoms with Crippen LogP contribution in [0, 0.1) is 11.8 Å². The van der Waals surface area contributed by atoms with E-state index in [1.807, 2.05) is 0 Å². The van der Waals surface area contributed by atoms with Crippen molar-refractivity contribution >= 4 is 72.9 Å². The number of imidazole rings is 2. The van der Waals surface area contributed by atoms with E-state index in [1.165, 1.54) is 34.4 Å². The van der Waals surface area contributed by atoms with E-state index in [0.29, 0.717) is 22.7 Å². The molecule has 0 saturated carbocycles. The van der Waals surface area contributed by atoms with Crippen molar-refractivity contribution in [2.24, 2.45) is 0 Å². The summed E-state index contributed by atoms with van der Waals surface area (Å²) in [5, 5.41) is 25.3. The summed E-state index contributed by atoms with van der Waals surface area (Å²) < 4.78 is 77.5. The predicted octanol–water partition coefficient (Wildman–Crippen LogP) is 1.36. The Morgan fingerprint density at radius 3 is 1.56 bits per heavy atom. The third-order valence-electron chi connectivity index (χ3n) is 7.45. The number of aliphatic hydroxyl groups excluding tert-OH is 2. The highest BCUT2D eigenvalue weighted by atomic mass is 32.7. The molecule has 0 amide bonds. The molecule has 5 unspecified atom stereocenters. The number of rotatable bonds is 12. The Morgan fingerprint density at radius 2 is 1.19 bits per heavy atom. The molecule has 258 valence electrons. The van der Waals surface area contributed by atoms with Crippen LogP contribution in [-0.2, 0) is 27.7 Å². The van der Waals surface area contributed by atoms with Gasteiger partial charge in [-0.2, -0.15) is 0 Å². The molecule has 2 aliphatic rings. The van der Waals surface area contributed by atoms with E-state index in [9.17, 15) is 19.3 Å². The summed E-state index contributed by atoms with van der Waals surface area (Å²) in [7, 11) is -5.60. The third-order valence-corrected chi connectivity index (χ3v) is 9.03. The van der Waals surface area contributed by atoms with Gasteiger partial charge in [0, 0.05) is 0 Å². The summed E-state index contributed by atoms with van der Waals surface area (Å²) in [5.41, 5.74) is 1.11.